The number of nitrogens with zero attached hydrogens (tertiary/aromatic N) is 6. The summed E-state index contributed by atoms with van der Waals surface area (Å²) in [6.07, 6.45) is 7.33. The average Bonchev–Trinajstić information content (AvgIpc) is 3.22. The normalized spacial score (nSPS) is 18.2. The molecule has 0 saturated carbocycles. The van der Waals surface area contributed by atoms with Crippen LogP contribution in [0.2, 0.25) is 0 Å². The summed E-state index contributed by atoms with van der Waals surface area (Å²) in [5, 5.41) is 4.30. The second-order valence-corrected chi connectivity index (χ2v) is 6.45. The van der Waals surface area contributed by atoms with Crippen molar-refractivity contribution in [3.05, 3.63) is 47.8 Å². The van der Waals surface area contributed by atoms with Crippen molar-refractivity contribution in [2.45, 2.75) is 25.7 Å². The molecular formula is C17H20N6O. The standard InChI is InChI=1S/C17H20N6O/c1-12-8-15(23-17(20-12)18-11-19-23)13-4-3-6-22(10-13)16(24)14-5-7-21(2)9-14/h5,7-9,11,13H,3-4,6,10H2,1-2H3/t13-/m0/s1. The molecule has 1 saturated heterocycles. The van der Waals surface area contributed by atoms with Crippen LogP contribution in [0.1, 0.15) is 40.5 Å². The fourth-order valence-electron chi connectivity index (χ4n) is 3.47. The maximum atomic E-state index is 12.7. The van der Waals surface area contributed by atoms with Crippen molar-refractivity contribution in [2.75, 3.05) is 13.1 Å². The molecule has 4 rings (SSSR count). The molecule has 0 N–H and O–H groups in total. The number of hydrogen-bond donors (Lipinski definition) is 0. The summed E-state index contributed by atoms with van der Waals surface area (Å²) in [7, 11) is 1.93. The molecule has 0 radical (unpaired) electrons. The Morgan fingerprint density at radius 3 is 3.04 bits per heavy atom. The third-order valence-corrected chi connectivity index (χ3v) is 4.61. The second kappa shape index (κ2) is 5.74. The second-order valence-electron chi connectivity index (χ2n) is 6.45. The van der Waals surface area contributed by atoms with Crippen LogP contribution in [0.25, 0.3) is 5.78 Å². The molecule has 1 aliphatic heterocycles. The zero-order valence-corrected chi connectivity index (χ0v) is 13.9. The number of hydrogen-bond acceptors (Lipinski definition) is 4. The smallest absolute Gasteiger partial charge is 0.255 e. The third kappa shape index (κ3) is 2.55. The Balaban J connectivity index is 1.62. The Morgan fingerprint density at radius 2 is 2.25 bits per heavy atom. The Bertz CT molecular complexity index is 896. The molecule has 0 bridgehead atoms. The van der Waals surface area contributed by atoms with E-state index in [1.165, 1.54) is 6.33 Å². The number of aromatic nitrogens is 5. The minimum Gasteiger partial charge on any atom is -0.356 e. The van der Waals surface area contributed by atoms with E-state index in [0.717, 1.165) is 36.3 Å². The number of carbonyl (C=O) groups excluding carboxylic acids is 1. The summed E-state index contributed by atoms with van der Waals surface area (Å²) >= 11 is 0. The van der Waals surface area contributed by atoms with Crippen molar-refractivity contribution in [3.8, 4) is 0 Å². The number of fused-ring (bicyclic) bond motifs is 1. The van der Waals surface area contributed by atoms with Gasteiger partial charge in [-0.2, -0.15) is 10.1 Å². The zero-order chi connectivity index (χ0) is 16.7. The van der Waals surface area contributed by atoms with E-state index in [1.807, 2.05) is 41.9 Å². The largest absolute Gasteiger partial charge is 0.356 e. The highest BCUT2D eigenvalue weighted by Gasteiger charge is 2.28. The third-order valence-electron chi connectivity index (χ3n) is 4.61. The van der Waals surface area contributed by atoms with Crippen LogP contribution in [0.15, 0.2) is 30.9 Å². The highest BCUT2D eigenvalue weighted by atomic mass is 16.2. The van der Waals surface area contributed by atoms with E-state index in [4.69, 9.17) is 0 Å². The molecule has 4 heterocycles. The summed E-state index contributed by atoms with van der Waals surface area (Å²) in [6.45, 7) is 3.47. The number of carbonyl (C=O) groups is 1. The summed E-state index contributed by atoms with van der Waals surface area (Å²) in [6, 6.07) is 3.93. The minimum absolute atomic E-state index is 0.0981. The molecule has 0 aromatic carbocycles. The van der Waals surface area contributed by atoms with Crippen molar-refractivity contribution in [3.63, 3.8) is 0 Å². The molecule has 24 heavy (non-hydrogen) atoms. The molecule has 0 unspecified atom stereocenters. The van der Waals surface area contributed by atoms with E-state index in [2.05, 4.69) is 21.1 Å². The lowest BCUT2D eigenvalue weighted by atomic mass is 9.93. The summed E-state index contributed by atoms with van der Waals surface area (Å²) in [4.78, 5) is 23.3. The molecule has 1 amide bonds. The molecule has 1 atom stereocenters. The monoisotopic (exact) mass is 324 g/mol. The number of likely N-dealkylation sites (tertiary alicyclic amines) is 1. The van der Waals surface area contributed by atoms with Crippen LogP contribution in [0, 0.1) is 6.92 Å². The Labute approximate surface area is 139 Å². The quantitative estimate of drug-likeness (QED) is 0.721. The van der Waals surface area contributed by atoms with Gasteiger partial charge in [0.25, 0.3) is 11.7 Å². The number of rotatable bonds is 2. The van der Waals surface area contributed by atoms with Gasteiger partial charge in [0, 0.05) is 44.1 Å². The Morgan fingerprint density at radius 1 is 1.38 bits per heavy atom. The van der Waals surface area contributed by atoms with E-state index < -0.39 is 0 Å². The molecular weight excluding hydrogens is 304 g/mol. The average molecular weight is 324 g/mol. The molecule has 7 nitrogen and oxygen atoms in total. The van der Waals surface area contributed by atoms with Crippen molar-refractivity contribution >= 4 is 11.7 Å². The van der Waals surface area contributed by atoms with Crippen molar-refractivity contribution in [1.82, 2.24) is 29.0 Å². The van der Waals surface area contributed by atoms with Crippen molar-refractivity contribution in [2.24, 2.45) is 7.05 Å². The van der Waals surface area contributed by atoms with Gasteiger partial charge in [-0.1, -0.05) is 0 Å². The fraction of sp³-hybridized carbons (Fsp3) is 0.412. The lowest BCUT2D eigenvalue weighted by molar-refractivity contribution is 0.0705. The summed E-state index contributed by atoms with van der Waals surface area (Å²) in [5.74, 6) is 0.967. The lowest BCUT2D eigenvalue weighted by Crippen LogP contribution is -2.39. The molecule has 3 aromatic heterocycles. The van der Waals surface area contributed by atoms with Crippen LogP contribution in [0.5, 0.6) is 0 Å². The van der Waals surface area contributed by atoms with E-state index in [1.54, 1.807) is 4.52 Å². The van der Waals surface area contributed by atoms with Gasteiger partial charge in [-0.25, -0.2) is 9.50 Å². The van der Waals surface area contributed by atoms with Crippen LogP contribution in [0.3, 0.4) is 0 Å². The van der Waals surface area contributed by atoms with Gasteiger partial charge in [-0.15, -0.1) is 0 Å². The molecule has 124 valence electrons. The topological polar surface area (TPSA) is 68.3 Å². The van der Waals surface area contributed by atoms with Gasteiger partial charge in [-0.3, -0.25) is 4.79 Å². The molecule has 1 aliphatic rings. The first-order valence-electron chi connectivity index (χ1n) is 8.20. The van der Waals surface area contributed by atoms with Crippen LogP contribution >= 0.6 is 0 Å². The number of aryl methyl sites for hydroxylation is 2. The van der Waals surface area contributed by atoms with Gasteiger partial charge < -0.3 is 9.47 Å². The highest BCUT2D eigenvalue weighted by molar-refractivity contribution is 5.94. The summed E-state index contributed by atoms with van der Waals surface area (Å²) < 4.78 is 3.70. The first kappa shape index (κ1) is 14.9. The van der Waals surface area contributed by atoms with Crippen LogP contribution < -0.4 is 0 Å². The first-order valence-corrected chi connectivity index (χ1v) is 8.20. The predicted octanol–water partition coefficient (Wildman–Crippen LogP) is 1.79. The number of piperidine rings is 1. The van der Waals surface area contributed by atoms with E-state index >= 15 is 0 Å². The Kier molecular flexibility index (Phi) is 3.55. The van der Waals surface area contributed by atoms with Crippen LogP contribution in [-0.4, -0.2) is 48.0 Å². The van der Waals surface area contributed by atoms with Gasteiger partial charge in [0.1, 0.15) is 6.33 Å². The van der Waals surface area contributed by atoms with Gasteiger partial charge in [0.15, 0.2) is 0 Å². The van der Waals surface area contributed by atoms with Gasteiger partial charge in [0.05, 0.1) is 11.3 Å². The van der Waals surface area contributed by atoms with Crippen LogP contribution in [-0.2, 0) is 7.05 Å². The predicted molar refractivity (Wildman–Crippen MR) is 88.8 cm³/mol. The van der Waals surface area contributed by atoms with Gasteiger partial charge in [0.2, 0.25) is 0 Å². The first-order chi connectivity index (χ1) is 11.6. The SMILES string of the molecule is Cc1cc([C@H]2CCCN(C(=O)c3ccn(C)c3)C2)n2ncnc2n1. The van der Waals surface area contributed by atoms with Crippen molar-refractivity contribution < 1.29 is 4.79 Å². The van der Waals surface area contributed by atoms with E-state index in [-0.39, 0.29) is 11.8 Å². The van der Waals surface area contributed by atoms with E-state index in [9.17, 15) is 4.79 Å². The Hall–Kier alpha value is -2.70. The lowest BCUT2D eigenvalue weighted by Gasteiger charge is -2.32. The fourth-order valence-corrected chi connectivity index (χ4v) is 3.47. The summed E-state index contributed by atoms with van der Waals surface area (Å²) in [5.41, 5.74) is 2.76. The molecule has 3 aromatic rings. The van der Waals surface area contributed by atoms with Gasteiger partial charge >= 0.3 is 0 Å². The maximum absolute atomic E-state index is 12.7. The highest BCUT2D eigenvalue weighted by Crippen LogP contribution is 2.28. The van der Waals surface area contributed by atoms with Crippen molar-refractivity contribution in [1.29, 1.82) is 0 Å². The molecule has 7 heteroatoms. The minimum atomic E-state index is 0.0981. The maximum Gasteiger partial charge on any atom is 0.255 e. The molecule has 1 fully saturated rings. The zero-order valence-electron chi connectivity index (χ0n) is 13.9. The van der Waals surface area contributed by atoms with Crippen LogP contribution in [0.4, 0.5) is 0 Å². The molecule has 0 spiro atoms. The van der Waals surface area contributed by atoms with Gasteiger partial charge in [-0.05, 0) is 31.9 Å². The van der Waals surface area contributed by atoms with E-state index in [0.29, 0.717) is 12.3 Å². The number of amides is 1. The molecule has 0 aliphatic carbocycles.